The Bertz CT molecular complexity index is 1700. The summed E-state index contributed by atoms with van der Waals surface area (Å²) in [4.78, 5) is 14.0. The third-order valence-corrected chi connectivity index (χ3v) is 9.95. The number of anilines is 1. The SMILES string of the molecule is Cc1cc2c(N3C[C@H]4CC[C@@H](C3)N4)nc(OC[C@@]34CCCN3C[C@H](F)C4)nc2c(F)c1-c1cc(O)cc2ccccc12. The van der Waals surface area contributed by atoms with E-state index in [9.17, 15) is 9.50 Å². The predicted molar refractivity (Wildman–Crippen MR) is 160 cm³/mol. The lowest BCUT2D eigenvalue weighted by Crippen LogP contribution is -2.51. The monoisotopic (exact) mass is 571 g/mol. The molecule has 4 fully saturated rings. The zero-order valence-corrected chi connectivity index (χ0v) is 23.7. The smallest absolute Gasteiger partial charge is 0.319 e. The first-order valence-corrected chi connectivity index (χ1v) is 15.1. The number of nitrogens with zero attached hydrogens (tertiary/aromatic N) is 4. The van der Waals surface area contributed by atoms with Crippen molar-refractivity contribution in [3.8, 4) is 22.9 Å². The van der Waals surface area contributed by atoms with Gasteiger partial charge in [0.2, 0.25) is 0 Å². The number of benzene rings is 3. The average molecular weight is 572 g/mol. The number of alkyl halides is 1. The second-order valence-electron chi connectivity index (χ2n) is 12.7. The van der Waals surface area contributed by atoms with Crippen LogP contribution in [0.5, 0.6) is 11.8 Å². The summed E-state index contributed by atoms with van der Waals surface area (Å²) in [5.41, 5.74) is 1.61. The Labute approximate surface area is 243 Å². The van der Waals surface area contributed by atoms with E-state index in [1.165, 1.54) is 0 Å². The molecule has 7 nitrogen and oxygen atoms in total. The third kappa shape index (κ3) is 4.20. The van der Waals surface area contributed by atoms with Gasteiger partial charge < -0.3 is 20.1 Å². The summed E-state index contributed by atoms with van der Waals surface area (Å²) >= 11 is 0. The molecule has 5 heterocycles. The molecule has 0 spiro atoms. The van der Waals surface area contributed by atoms with Crippen LogP contribution in [-0.4, -0.2) is 76.6 Å². The number of ether oxygens (including phenoxy) is 1. The van der Waals surface area contributed by atoms with E-state index in [-0.39, 0.29) is 29.4 Å². The van der Waals surface area contributed by atoms with E-state index >= 15 is 4.39 Å². The maximum atomic E-state index is 16.9. The lowest BCUT2D eigenvalue weighted by Gasteiger charge is -2.35. The molecular weight excluding hydrogens is 536 g/mol. The van der Waals surface area contributed by atoms with Crippen molar-refractivity contribution >= 4 is 27.5 Å². The van der Waals surface area contributed by atoms with Crippen LogP contribution in [-0.2, 0) is 0 Å². The summed E-state index contributed by atoms with van der Waals surface area (Å²) in [6.07, 6.45) is 3.68. The Morgan fingerprint density at radius 2 is 1.88 bits per heavy atom. The molecule has 0 unspecified atom stereocenters. The number of piperazine rings is 1. The number of halogens is 2. The second kappa shape index (κ2) is 9.74. The zero-order valence-electron chi connectivity index (χ0n) is 23.7. The van der Waals surface area contributed by atoms with Crippen molar-refractivity contribution in [1.82, 2.24) is 20.2 Å². The highest BCUT2D eigenvalue weighted by Crippen LogP contribution is 2.43. The van der Waals surface area contributed by atoms with Gasteiger partial charge in [0.05, 0.1) is 5.54 Å². The Morgan fingerprint density at radius 3 is 2.71 bits per heavy atom. The fourth-order valence-electron chi connectivity index (χ4n) is 8.07. The maximum Gasteiger partial charge on any atom is 0.319 e. The molecule has 0 saturated carbocycles. The van der Waals surface area contributed by atoms with Gasteiger partial charge in [-0.1, -0.05) is 24.3 Å². The summed E-state index contributed by atoms with van der Waals surface area (Å²) in [6.45, 7) is 5.04. The van der Waals surface area contributed by atoms with Crippen LogP contribution in [0.2, 0.25) is 0 Å². The zero-order chi connectivity index (χ0) is 28.6. The van der Waals surface area contributed by atoms with Gasteiger partial charge in [-0.25, -0.2) is 8.78 Å². The average Bonchev–Trinajstić information content (AvgIpc) is 3.62. The topological polar surface area (TPSA) is 73.8 Å². The minimum Gasteiger partial charge on any atom is -0.508 e. The first-order chi connectivity index (χ1) is 20.4. The number of aromatic hydroxyl groups is 1. The summed E-state index contributed by atoms with van der Waals surface area (Å²) in [6, 6.07) is 13.8. The van der Waals surface area contributed by atoms with E-state index in [0.29, 0.717) is 47.4 Å². The lowest BCUT2D eigenvalue weighted by atomic mass is 9.93. The van der Waals surface area contributed by atoms with E-state index in [4.69, 9.17) is 9.72 Å². The third-order valence-electron chi connectivity index (χ3n) is 9.95. The molecule has 0 amide bonds. The molecule has 1 aromatic heterocycles. The predicted octanol–water partition coefficient (Wildman–Crippen LogP) is 5.50. The van der Waals surface area contributed by atoms with Crippen LogP contribution in [0.3, 0.4) is 0 Å². The van der Waals surface area contributed by atoms with E-state index in [1.807, 2.05) is 37.3 Å². The van der Waals surface area contributed by atoms with E-state index in [1.54, 1.807) is 12.1 Å². The number of hydrogen-bond acceptors (Lipinski definition) is 7. The number of rotatable bonds is 5. The largest absolute Gasteiger partial charge is 0.508 e. The van der Waals surface area contributed by atoms with Gasteiger partial charge in [0.25, 0.3) is 0 Å². The van der Waals surface area contributed by atoms with Crippen LogP contribution in [0.15, 0.2) is 42.5 Å². The fraction of sp³-hybridized carbons (Fsp3) is 0.455. The summed E-state index contributed by atoms with van der Waals surface area (Å²) in [5, 5.41) is 16.5. The first kappa shape index (κ1) is 26.1. The molecule has 0 radical (unpaired) electrons. The highest BCUT2D eigenvalue weighted by molar-refractivity contribution is 6.02. The van der Waals surface area contributed by atoms with Crippen LogP contribution in [0.1, 0.15) is 37.7 Å². The van der Waals surface area contributed by atoms with Crippen molar-refractivity contribution in [3.63, 3.8) is 0 Å². The van der Waals surface area contributed by atoms with Crippen LogP contribution < -0.4 is 15.0 Å². The van der Waals surface area contributed by atoms with Gasteiger partial charge in [-0.15, -0.1) is 0 Å². The fourth-order valence-corrected chi connectivity index (χ4v) is 8.07. The first-order valence-electron chi connectivity index (χ1n) is 15.1. The Hall–Kier alpha value is -3.56. The molecule has 42 heavy (non-hydrogen) atoms. The maximum absolute atomic E-state index is 16.9. The van der Waals surface area contributed by atoms with E-state index in [0.717, 1.165) is 61.7 Å². The van der Waals surface area contributed by atoms with Crippen molar-refractivity contribution in [3.05, 3.63) is 53.8 Å². The van der Waals surface area contributed by atoms with Crippen molar-refractivity contribution in [2.24, 2.45) is 0 Å². The van der Waals surface area contributed by atoms with Gasteiger partial charge in [-0.2, -0.15) is 9.97 Å². The number of aryl methyl sites for hydroxylation is 1. The molecule has 4 aliphatic heterocycles. The van der Waals surface area contributed by atoms with Crippen LogP contribution in [0.25, 0.3) is 32.8 Å². The Kier molecular flexibility index (Phi) is 6.05. The molecular formula is C33H35F2N5O2. The van der Waals surface area contributed by atoms with Gasteiger partial charge >= 0.3 is 6.01 Å². The number of nitrogens with one attached hydrogen (secondary N) is 1. The molecule has 2 bridgehead atoms. The number of phenolic OH excluding ortho intramolecular Hbond substituents is 1. The van der Waals surface area contributed by atoms with Gasteiger partial charge in [0.15, 0.2) is 5.82 Å². The molecule has 4 aliphatic rings. The number of aromatic nitrogens is 2. The summed E-state index contributed by atoms with van der Waals surface area (Å²) in [5.74, 6) is 0.297. The summed E-state index contributed by atoms with van der Waals surface area (Å²) in [7, 11) is 0. The van der Waals surface area contributed by atoms with E-state index in [2.05, 4.69) is 20.1 Å². The second-order valence-corrected chi connectivity index (χ2v) is 12.7. The Balaban J connectivity index is 1.27. The number of fused-ring (bicyclic) bond motifs is 5. The van der Waals surface area contributed by atoms with Gasteiger partial charge in [0, 0.05) is 49.1 Å². The van der Waals surface area contributed by atoms with Crippen molar-refractivity contribution < 1.29 is 18.6 Å². The van der Waals surface area contributed by atoms with Crippen LogP contribution in [0.4, 0.5) is 14.6 Å². The number of hydrogen-bond donors (Lipinski definition) is 2. The Morgan fingerprint density at radius 1 is 1.07 bits per heavy atom. The van der Waals surface area contributed by atoms with Gasteiger partial charge in [-0.05, 0) is 79.3 Å². The minimum atomic E-state index is -0.863. The molecule has 4 aromatic rings. The van der Waals surface area contributed by atoms with Crippen molar-refractivity contribution in [1.29, 1.82) is 0 Å². The molecule has 8 rings (SSSR count). The van der Waals surface area contributed by atoms with E-state index < -0.39 is 12.0 Å². The van der Waals surface area contributed by atoms with Crippen molar-refractivity contribution in [2.45, 2.75) is 62.8 Å². The highest BCUT2D eigenvalue weighted by atomic mass is 19.1. The highest BCUT2D eigenvalue weighted by Gasteiger charge is 2.49. The molecule has 218 valence electrons. The van der Waals surface area contributed by atoms with Crippen LogP contribution >= 0.6 is 0 Å². The quantitative estimate of drug-likeness (QED) is 0.328. The summed E-state index contributed by atoms with van der Waals surface area (Å²) < 4.78 is 37.6. The van der Waals surface area contributed by atoms with Crippen molar-refractivity contribution in [2.75, 3.05) is 37.7 Å². The number of phenols is 1. The van der Waals surface area contributed by atoms with Crippen LogP contribution in [0, 0.1) is 12.7 Å². The normalized spacial score (nSPS) is 27.3. The van der Waals surface area contributed by atoms with Gasteiger partial charge in [-0.3, -0.25) is 4.90 Å². The lowest BCUT2D eigenvalue weighted by molar-refractivity contribution is 0.107. The van der Waals surface area contributed by atoms with Gasteiger partial charge in [0.1, 0.15) is 29.9 Å². The molecule has 2 N–H and O–H groups in total. The molecule has 4 saturated heterocycles. The minimum absolute atomic E-state index is 0.0781. The molecule has 9 heteroatoms. The molecule has 4 atom stereocenters. The molecule has 3 aromatic carbocycles. The standard InChI is InChI=1S/C33H35F2N5O2/c1-19-11-27-30(29(35)28(19)26-13-24(41)12-20-5-2-3-6-25(20)26)37-32(38-31(27)39-16-22-7-8-23(17-39)36-22)42-18-33-9-4-10-40(33)15-21(34)14-33/h2-3,5-6,11-13,21-23,36,41H,4,7-10,14-18H2,1H3/t21-,22-,23+,33+/m1/s1. The molecule has 0 aliphatic carbocycles.